The van der Waals surface area contributed by atoms with Crippen LogP contribution in [0.25, 0.3) is 11.3 Å². The van der Waals surface area contributed by atoms with Crippen LogP contribution in [0.1, 0.15) is 52.0 Å². The molecule has 3 heterocycles. The number of carbonyl (C=O) groups is 1. The Kier molecular flexibility index (Phi) is 4.65. The first-order valence-electron chi connectivity index (χ1n) is 9.52. The summed E-state index contributed by atoms with van der Waals surface area (Å²) in [6.07, 6.45) is 11.2. The van der Waals surface area contributed by atoms with E-state index in [-0.39, 0.29) is 12.2 Å². The molecule has 1 unspecified atom stereocenters. The number of nitrogens with zero attached hydrogens (tertiary/aromatic N) is 6. The Morgan fingerprint density at radius 2 is 2.04 bits per heavy atom. The second-order valence-electron chi connectivity index (χ2n) is 7.58. The maximum absolute atomic E-state index is 12.2. The summed E-state index contributed by atoms with van der Waals surface area (Å²) in [5, 5.41) is 12.8. The maximum Gasteiger partial charge on any atom is 0.410 e. The van der Waals surface area contributed by atoms with Crippen LogP contribution in [0.3, 0.4) is 0 Å². The summed E-state index contributed by atoms with van der Waals surface area (Å²) in [6, 6.07) is 0.650. The van der Waals surface area contributed by atoms with E-state index in [0.717, 1.165) is 24.1 Å². The molecule has 1 saturated heterocycles. The molecule has 0 spiro atoms. The highest BCUT2D eigenvalue weighted by atomic mass is 16.6. The van der Waals surface area contributed by atoms with Gasteiger partial charge in [-0.1, -0.05) is 24.5 Å². The first kappa shape index (κ1) is 17.1. The van der Waals surface area contributed by atoms with E-state index in [2.05, 4.69) is 29.3 Å². The van der Waals surface area contributed by atoms with Gasteiger partial charge in [-0.2, -0.15) is 5.10 Å². The van der Waals surface area contributed by atoms with E-state index < -0.39 is 0 Å². The van der Waals surface area contributed by atoms with Gasteiger partial charge in [0, 0.05) is 23.8 Å². The van der Waals surface area contributed by atoms with Gasteiger partial charge in [0.05, 0.1) is 25.5 Å². The van der Waals surface area contributed by atoms with Crippen molar-refractivity contribution in [3.05, 3.63) is 18.6 Å². The van der Waals surface area contributed by atoms with Crippen LogP contribution in [0.2, 0.25) is 0 Å². The first-order valence-corrected chi connectivity index (χ1v) is 9.52. The molecule has 1 aliphatic carbocycles. The molecule has 0 bridgehead atoms. The lowest BCUT2D eigenvalue weighted by atomic mass is 9.94. The molecule has 0 aromatic carbocycles. The zero-order valence-electron chi connectivity index (χ0n) is 15.4. The van der Waals surface area contributed by atoms with Crippen molar-refractivity contribution in [2.75, 3.05) is 6.54 Å². The highest BCUT2D eigenvalue weighted by Crippen LogP contribution is 2.27. The van der Waals surface area contributed by atoms with Crippen LogP contribution in [-0.2, 0) is 11.3 Å². The van der Waals surface area contributed by atoms with E-state index in [1.165, 1.54) is 19.3 Å². The van der Waals surface area contributed by atoms with Crippen LogP contribution in [0.15, 0.2) is 18.6 Å². The summed E-state index contributed by atoms with van der Waals surface area (Å²) in [6.45, 7) is 5.34. The number of carbonyl (C=O) groups excluding carboxylic acids is 1. The fourth-order valence-corrected chi connectivity index (χ4v) is 3.81. The summed E-state index contributed by atoms with van der Waals surface area (Å²) in [4.78, 5) is 14.1. The largest absolute Gasteiger partial charge is 0.442 e. The van der Waals surface area contributed by atoms with E-state index in [0.29, 0.717) is 25.2 Å². The molecule has 1 aliphatic heterocycles. The van der Waals surface area contributed by atoms with Gasteiger partial charge in [0.15, 0.2) is 0 Å². The summed E-state index contributed by atoms with van der Waals surface area (Å²) in [7, 11) is 0. The third-order valence-electron chi connectivity index (χ3n) is 5.27. The Morgan fingerprint density at radius 3 is 2.77 bits per heavy atom. The van der Waals surface area contributed by atoms with Gasteiger partial charge in [0.25, 0.3) is 0 Å². The van der Waals surface area contributed by atoms with Crippen LogP contribution < -0.4 is 0 Å². The Labute approximate surface area is 153 Å². The molecule has 0 radical (unpaired) electrons. The van der Waals surface area contributed by atoms with E-state index in [4.69, 9.17) is 4.74 Å². The normalized spacial score (nSPS) is 21.6. The lowest BCUT2D eigenvalue weighted by Gasteiger charge is -2.28. The molecule has 140 valence electrons. The molecule has 2 fully saturated rings. The molecule has 4 rings (SSSR count). The standard InChI is InChI=1S/C18H26N6O2/c1-13(2)24-9-14(8-19-24)17-12-22(21-20-17)10-16-11-23(18(25)26-16)15-6-4-3-5-7-15/h8-9,12-13,15-16H,3-7,10-11H2,1-2H3. The summed E-state index contributed by atoms with van der Waals surface area (Å²) < 4.78 is 9.22. The molecular weight excluding hydrogens is 332 g/mol. The Morgan fingerprint density at radius 1 is 1.23 bits per heavy atom. The van der Waals surface area contributed by atoms with Crippen molar-refractivity contribution >= 4 is 6.09 Å². The van der Waals surface area contributed by atoms with Crippen LogP contribution in [0, 0.1) is 0 Å². The van der Waals surface area contributed by atoms with Crippen molar-refractivity contribution < 1.29 is 9.53 Å². The molecular formula is C18H26N6O2. The predicted molar refractivity (Wildman–Crippen MR) is 95.5 cm³/mol. The van der Waals surface area contributed by atoms with Crippen LogP contribution >= 0.6 is 0 Å². The molecule has 0 N–H and O–H groups in total. The molecule has 8 nitrogen and oxygen atoms in total. The van der Waals surface area contributed by atoms with Crippen molar-refractivity contribution in [1.82, 2.24) is 29.7 Å². The van der Waals surface area contributed by atoms with Gasteiger partial charge in [-0.15, -0.1) is 5.10 Å². The minimum Gasteiger partial charge on any atom is -0.442 e. The lowest BCUT2D eigenvalue weighted by Crippen LogP contribution is -2.38. The van der Waals surface area contributed by atoms with Gasteiger partial charge in [0.1, 0.15) is 11.8 Å². The van der Waals surface area contributed by atoms with Gasteiger partial charge in [0.2, 0.25) is 0 Å². The SMILES string of the molecule is CC(C)n1cc(-c2cn(CC3CN(C4CCCCC4)C(=O)O3)nn2)cn1. The number of hydrogen-bond acceptors (Lipinski definition) is 5. The van der Waals surface area contributed by atoms with Crippen molar-refractivity contribution in [3.63, 3.8) is 0 Å². The van der Waals surface area contributed by atoms with Crippen molar-refractivity contribution in [2.24, 2.45) is 0 Å². The number of cyclic esters (lactones) is 1. The third-order valence-corrected chi connectivity index (χ3v) is 5.27. The average molecular weight is 358 g/mol. The Bertz CT molecular complexity index is 761. The average Bonchev–Trinajstić information content (AvgIpc) is 3.35. The van der Waals surface area contributed by atoms with E-state index in [9.17, 15) is 4.79 Å². The number of ether oxygens (including phenoxy) is 1. The molecule has 2 aromatic rings. The van der Waals surface area contributed by atoms with E-state index in [1.54, 1.807) is 10.9 Å². The number of rotatable bonds is 5. The monoisotopic (exact) mass is 358 g/mol. The van der Waals surface area contributed by atoms with E-state index >= 15 is 0 Å². The summed E-state index contributed by atoms with van der Waals surface area (Å²) in [5.41, 5.74) is 1.72. The minimum absolute atomic E-state index is 0.169. The second kappa shape index (κ2) is 7.09. The molecule has 26 heavy (non-hydrogen) atoms. The lowest BCUT2D eigenvalue weighted by molar-refractivity contribution is 0.117. The quantitative estimate of drug-likeness (QED) is 0.821. The minimum atomic E-state index is -0.180. The van der Waals surface area contributed by atoms with Gasteiger partial charge < -0.3 is 9.64 Å². The fraction of sp³-hybridized carbons (Fsp3) is 0.667. The van der Waals surface area contributed by atoms with Crippen LogP contribution in [-0.4, -0.2) is 54.5 Å². The van der Waals surface area contributed by atoms with Gasteiger partial charge in [-0.05, 0) is 26.7 Å². The van der Waals surface area contributed by atoms with Crippen LogP contribution in [0.4, 0.5) is 4.79 Å². The van der Waals surface area contributed by atoms with Crippen molar-refractivity contribution in [2.45, 2.75) is 70.7 Å². The van der Waals surface area contributed by atoms with E-state index in [1.807, 2.05) is 22.0 Å². The third kappa shape index (κ3) is 3.45. The molecule has 1 saturated carbocycles. The fourth-order valence-electron chi connectivity index (χ4n) is 3.81. The predicted octanol–water partition coefficient (Wildman–Crippen LogP) is 2.88. The zero-order valence-corrected chi connectivity index (χ0v) is 15.4. The van der Waals surface area contributed by atoms with Crippen LogP contribution in [0.5, 0.6) is 0 Å². The Balaban J connectivity index is 1.39. The molecule has 2 aromatic heterocycles. The van der Waals surface area contributed by atoms with Gasteiger partial charge in [-0.3, -0.25) is 4.68 Å². The molecule has 2 aliphatic rings. The number of aromatic nitrogens is 5. The topological polar surface area (TPSA) is 78.1 Å². The van der Waals surface area contributed by atoms with Crippen molar-refractivity contribution in [1.29, 1.82) is 0 Å². The summed E-state index contributed by atoms with van der Waals surface area (Å²) >= 11 is 0. The smallest absolute Gasteiger partial charge is 0.410 e. The zero-order chi connectivity index (χ0) is 18.1. The first-order chi connectivity index (χ1) is 12.6. The second-order valence-corrected chi connectivity index (χ2v) is 7.58. The van der Waals surface area contributed by atoms with Gasteiger partial charge in [-0.25, -0.2) is 9.48 Å². The van der Waals surface area contributed by atoms with Gasteiger partial charge >= 0.3 is 6.09 Å². The molecule has 1 amide bonds. The number of hydrogen-bond donors (Lipinski definition) is 0. The van der Waals surface area contributed by atoms with Crippen molar-refractivity contribution in [3.8, 4) is 11.3 Å². The highest BCUT2D eigenvalue weighted by Gasteiger charge is 2.36. The summed E-state index contributed by atoms with van der Waals surface area (Å²) in [5.74, 6) is 0. The maximum atomic E-state index is 12.2. The molecule has 1 atom stereocenters. The highest BCUT2D eigenvalue weighted by molar-refractivity contribution is 5.70. The molecule has 8 heteroatoms. The Hall–Kier alpha value is -2.38. The number of amides is 1.